The van der Waals surface area contributed by atoms with Crippen molar-refractivity contribution >= 4 is 34.1 Å². The quantitative estimate of drug-likeness (QED) is 0.717. The van der Waals surface area contributed by atoms with E-state index in [9.17, 15) is 0 Å². The molecule has 1 N–H and O–H groups in total. The van der Waals surface area contributed by atoms with Crippen molar-refractivity contribution in [2.24, 2.45) is 0 Å². The van der Waals surface area contributed by atoms with Crippen LogP contribution in [0.4, 0.5) is 0 Å². The fraction of sp³-hybridized carbons (Fsp3) is 0.0667. The Balaban J connectivity index is 1.78. The first-order chi connectivity index (χ1) is 9.20. The van der Waals surface area contributed by atoms with E-state index in [-0.39, 0.29) is 0 Å². The zero-order valence-electron chi connectivity index (χ0n) is 9.99. The molecule has 0 unspecified atom stereocenters. The van der Waals surface area contributed by atoms with Crippen LogP contribution >= 0.6 is 23.2 Å². The molecule has 0 aliphatic heterocycles. The molecule has 0 bridgehead atoms. The molecule has 3 aromatic rings. The predicted molar refractivity (Wildman–Crippen MR) is 79.1 cm³/mol. The van der Waals surface area contributed by atoms with Crippen LogP contribution < -0.4 is 4.74 Å². The summed E-state index contributed by atoms with van der Waals surface area (Å²) in [6, 6.07) is 15.2. The van der Waals surface area contributed by atoms with Crippen LogP contribution in [0, 0.1) is 0 Å². The van der Waals surface area contributed by atoms with Crippen LogP contribution in [0.3, 0.4) is 0 Å². The normalized spacial score (nSPS) is 10.8. The van der Waals surface area contributed by atoms with Gasteiger partial charge < -0.3 is 9.72 Å². The number of aromatic amines is 1. The topological polar surface area (TPSA) is 25.0 Å². The van der Waals surface area contributed by atoms with Gasteiger partial charge in [0.25, 0.3) is 0 Å². The molecule has 0 saturated heterocycles. The van der Waals surface area contributed by atoms with Crippen molar-refractivity contribution in [3.05, 3.63) is 64.3 Å². The molecule has 0 amide bonds. The van der Waals surface area contributed by atoms with Gasteiger partial charge in [0.15, 0.2) is 0 Å². The molecular formula is C15H11Cl2NO. The molecule has 2 aromatic carbocycles. The molecule has 3 rings (SSSR count). The van der Waals surface area contributed by atoms with Crippen molar-refractivity contribution in [3.63, 3.8) is 0 Å². The first kappa shape index (κ1) is 12.4. The molecule has 0 atom stereocenters. The van der Waals surface area contributed by atoms with E-state index in [0.717, 1.165) is 27.4 Å². The van der Waals surface area contributed by atoms with Crippen LogP contribution in [0.15, 0.2) is 48.5 Å². The Morgan fingerprint density at radius 2 is 1.79 bits per heavy atom. The summed E-state index contributed by atoms with van der Waals surface area (Å²) in [5.74, 6) is 0.754. The molecule has 0 aliphatic rings. The SMILES string of the molecule is Clc1cccc(OCc2cc3ccc(Cl)cc3[nH]2)c1. The Labute approximate surface area is 120 Å². The lowest BCUT2D eigenvalue weighted by molar-refractivity contribution is 0.302. The largest absolute Gasteiger partial charge is 0.487 e. The lowest BCUT2D eigenvalue weighted by atomic mass is 10.2. The van der Waals surface area contributed by atoms with E-state index in [1.807, 2.05) is 36.4 Å². The molecule has 4 heteroatoms. The summed E-state index contributed by atoms with van der Waals surface area (Å²) in [6.45, 7) is 0.465. The summed E-state index contributed by atoms with van der Waals surface area (Å²) in [5, 5.41) is 2.51. The number of halogens is 2. The van der Waals surface area contributed by atoms with Gasteiger partial charge in [0.05, 0.1) is 5.69 Å². The fourth-order valence-electron chi connectivity index (χ4n) is 1.96. The third kappa shape index (κ3) is 2.86. The van der Waals surface area contributed by atoms with Gasteiger partial charge in [0, 0.05) is 15.6 Å². The van der Waals surface area contributed by atoms with E-state index in [2.05, 4.69) is 11.1 Å². The van der Waals surface area contributed by atoms with E-state index < -0.39 is 0 Å². The minimum absolute atomic E-state index is 0.465. The maximum Gasteiger partial charge on any atom is 0.128 e. The number of fused-ring (bicyclic) bond motifs is 1. The molecule has 1 heterocycles. The Bertz CT molecular complexity index is 721. The highest BCUT2D eigenvalue weighted by Gasteiger charge is 2.02. The summed E-state index contributed by atoms with van der Waals surface area (Å²) in [4.78, 5) is 3.28. The second-order valence-electron chi connectivity index (χ2n) is 4.27. The number of hydrogen-bond acceptors (Lipinski definition) is 1. The Kier molecular flexibility index (Phi) is 3.36. The molecular weight excluding hydrogens is 281 g/mol. The molecule has 1 aromatic heterocycles. The average Bonchev–Trinajstić information content (AvgIpc) is 2.78. The fourth-order valence-corrected chi connectivity index (χ4v) is 2.31. The molecule has 19 heavy (non-hydrogen) atoms. The number of benzene rings is 2. The highest BCUT2D eigenvalue weighted by Crippen LogP contribution is 2.22. The number of nitrogens with one attached hydrogen (secondary N) is 1. The molecule has 96 valence electrons. The third-order valence-electron chi connectivity index (χ3n) is 2.83. The van der Waals surface area contributed by atoms with Crippen LogP contribution in [-0.4, -0.2) is 4.98 Å². The Morgan fingerprint density at radius 1 is 0.947 bits per heavy atom. The van der Waals surface area contributed by atoms with Gasteiger partial charge in [0.2, 0.25) is 0 Å². The number of hydrogen-bond donors (Lipinski definition) is 1. The van der Waals surface area contributed by atoms with Crippen LogP contribution in [0.5, 0.6) is 5.75 Å². The van der Waals surface area contributed by atoms with E-state index >= 15 is 0 Å². The molecule has 0 aliphatic carbocycles. The summed E-state index contributed by atoms with van der Waals surface area (Å²) < 4.78 is 5.68. The zero-order chi connectivity index (χ0) is 13.2. The van der Waals surface area contributed by atoms with Gasteiger partial charge in [-0.3, -0.25) is 0 Å². The van der Waals surface area contributed by atoms with Crippen molar-refractivity contribution in [2.75, 3.05) is 0 Å². The molecule has 0 fully saturated rings. The summed E-state index contributed by atoms with van der Waals surface area (Å²) in [5.41, 5.74) is 2.01. The maximum atomic E-state index is 5.95. The van der Waals surface area contributed by atoms with Crippen molar-refractivity contribution < 1.29 is 4.74 Å². The standard InChI is InChI=1S/C15H11Cl2NO/c16-11-2-1-3-14(7-11)19-9-13-6-10-4-5-12(17)8-15(10)18-13/h1-8,18H,9H2. The lowest BCUT2D eigenvalue weighted by Crippen LogP contribution is -1.95. The Hall–Kier alpha value is -1.64. The van der Waals surface area contributed by atoms with E-state index in [4.69, 9.17) is 27.9 Å². The highest BCUT2D eigenvalue weighted by molar-refractivity contribution is 6.31. The summed E-state index contributed by atoms with van der Waals surface area (Å²) >= 11 is 11.9. The second-order valence-corrected chi connectivity index (χ2v) is 5.15. The lowest BCUT2D eigenvalue weighted by Gasteiger charge is -2.04. The average molecular weight is 292 g/mol. The van der Waals surface area contributed by atoms with E-state index in [1.54, 1.807) is 6.07 Å². The van der Waals surface area contributed by atoms with Crippen LogP contribution in [0.2, 0.25) is 10.0 Å². The van der Waals surface area contributed by atoms with E-state index in [0.29, 0.717) is 11.6 Å². The van der Waals surface area contributed by atoms with Crippen molar-refractivity contribution in [2.45, 2.75) is 6.61 Å². The van der Waals surface area contributed by atoms with Gasteiger partial charge >= 0.3 is 0 Å². The monoisotopic (exact) mass is 291 g/mol. The minimum Gasteiger partial charge on any atom is -0.487 e. The van der Waals surface area contributed by atoms with Crippen LogP contribution in [0.1, 0.15) is 5.69 Å². The van der Waals surface area contributed by atoms with E-state index in [1.165, 1.54) is 0 Å². The smallest absolute Gasteiger partial charge is 0.128 e. The zero-order valence-corrected chi connectivity index (χ0v) is 11.5. The van der Waals surface area contributed by atoms with Gasteiger partial charge in [-0.15, -0.1) is 0 Å². The highest BCUT2D eigenvalue weighted by atomic mass is 35.5. The molecule has 2 nitrogen and oxygen atoms in total. The maximum absolute atomic E-state index is 5.95. The first-order valence-electron chi connectivity index (χ1n) is 5.86. The Morgan fingerprint density at radius 3 is 2.63 bits per heavy atom. The van der Waals surface area contributed by atoms with Crippen molar-refractivity contribution in [1.82, 2.24) is 4.98 Å². The molecule has 0 saturated carbocycles. The predicted octanol–water partition coefficient (Wildman–Crippen LogP) is 5.05. The summed E-state index contributed by atoms with van der Waals surface area (Å²) in [6.07, 6.45) is 0. The first-order valence-corrected chi connectivity index (χ1v) is 6.62. The van der Waals surface area contributed by atoms with Gasteiger partial charge in [-0.1, -0.05) is 35.3 Å². The molecule has 0 radical (unpaired) electrons. The second kappa shape index (κ2) is 5.16. The van der Waals surface area contributed by atoms with Crippen molar-refractivity contribution in [3.8, 4) is 5.75 Å². The third-order valence-corrected chi connectivity index (χ3v) is 3.30. The van der Waals surface area contributed by atoms with Gasteiger partial charge in [0.1, 0.15) is 12.4 Å². The van der Waals surface area contributed by atoms with Gasteiger partial charge in [-0.05, 0) is 41.8 Å². The van der Waals surface area contributed by atoms with Crippen molar-refractivity contribution in [1.29, 1.82) is 0 Å². The number of H-pyrrole nitrogens is 1. The number of rotatable bonds is 3. The summed E-state index contributed by atoms with van der Waals surface area (Å²) in [7, 11) is 0. The number of aromatic nitrogens is 1. The van der Waals surface area contributed by atoms with Crippen LogP contribution in [-0.2, 0) is 6.61 Å². The molecule has 0 spiro atoms. The minimum atomic E-state index is 0.465. The van der Waals surface area contributed by atoms with Crippen LogP contribution in [0.25, 0.3) is 10.9 Å². The van der Waals surface area contributed by atoms with Gasteiger partial charge in [-0.2, -0.15) is 0 Å². The number of ether oxygens (including phenoxy) is 1. The van der Waals surface area contributed by atoms with Gasteiger partial charge in [-0.25, -0.2) is 0 Å².